The predicted octanol–water partition coefficient (Wildman–Crippen LogP) is -0.181. The van der Waals surface area contributed by atoms with E-state index in [1.165, 1.54) is 0 Å². The summed E-state index contributed by atoms with van der Waals surface area (Å²) in [5, 5.41) is 30.9. The number of methoxy groups -OCH3 is 1. The van der Waals surface area contributed by atoms with Crippen LogP contribution in [0.25, 0.3) is 0 Å². The van der Waals surface area contributed by atoms with E-state index in [1.807, 2.05) is 6.92 Å². The maximum Gasteiger partial charge on any atom is 0.407 e. The Labute approximate surface area is 195 Å². The number of hydrogen-bond donors (Lipinski definition) is 5. The molecule has 0 spiro atoms. The number of amides is 2. The average molecular weight is 479 g/mol. The van der Waals surface area contributed by atoms with Crippen molar-refractivity contribution in [3.05, 3.63) is 35.4 Å². The number of aliphatic hydroxyl groups excluding tert-OH is 1. The van der Waals surface area contributed by atoms with Gasteiger partial charge < -0.3 is 41.0 Å². The summed E-state index contributed by atoms with van der Waals surface area (Å²) in [5.41, 5.74) is 6.74. The first-order valence-corrected chi connectivity index (χ1v) is 10.6. The van der Waals surface area contributed by atoms with Crippen molar-refractivity contribution in [1.29, 1.82) is 0 Å². The van der Waals surface area contributed by atoms with Crippen LogP contribution in [0.3, 0.4) is 0 Å². The SMILES string of the molecule is CCCCOC(=O)N[C@@H](CNC(=O)C[C@H]1ON=C(c2ccc(/C(N)=N/O)cc2)[C@@H]1O)C(=O)OC. The molecule has 34 heavy (non-hydrogen) atoms. The van der Waals surface area contributed by atoms with Gasteiger partial charge in [-0.3, -0.25) is 4.79 Å². The summed E-state index contributed by atoms with van der Waals surface area (Å²) in [4.78, 5) is 41.3. The second-order valence-electron chi connectivity index (χ2n) is 7.35. The molecule has 0 saturated heterocycles. The predicted molar refractivity (Wildman–Crippen MR) is 119 cm³/mol. The van der Waals surface area contributed by atoms with E-state index < -0.39 is 36.2 Å². The van der Waals surface area contributed by atoms with Crippen molar-refractivity contribution in [2.75, 3.05) is 20.3 Å². The Bertz CT molecular complexity index is 918. The topological polar surface area (TPSA) is 194 Å². The molecule has 1 aromatic rings. The molecule has 3 atom stereocenters. The van der Waals surface area contributed by atoms with Gasteiger partial charge in [-0.05, 0) is 6.42 Å². The fraction of sp³-hybridized carbons (Fsp3) is 0.476. The molecular formula is C21H29N5O8. The molecule has 1 aliphatic rings. The maximum absolute atomic E-state index is 12.4. The number of hydrogen-bond acceptors (Lipinski definition) is 10. The molecule has 6 N–H and O–H groups in total. The fourth-order valence-corrected chi connectivity index (χ4v) is 2.95. The lowest BCUT2D eigenvalue weighted by Crippen LogP contribution is -2.49. The Kier molecular flexibility index (Phi) is 10.1. The van der Waals surface area contributed by atoms with Crippen molar-refractivity contribution in [2.45, 2.75) is 44.4 Å². The molecule has 0 unspecified atom stereocenters. The highest BCUT2D eigenvalue weighted by molar-refractivity contribution is 6.06. The van der Waals surface area contributed by atoms with Crippen LogP contribution in [0.2, 0.25) is 0 Å². The Hall–Kier alpha value is -3.87. The lowest BCUT2D eigenvalue weighted by atomic mass is 9.99. The van der Waals surface area contributed by atoms with Gasteiger partial charge in [-0.1, -0.05) is 47.9 Å². The molecule has 0 fully saturated rings. The van der Waals surface area contributed by atoms with Crippen LogP contribution in [0, 0.1) is 0 Å². The molecular weight excluding hydrogens is 450 g/mol. The molecule has 13 heteroatoms. The number of carbonyl (C=O) groups excluding carboxylic acids is 3. The number of aliphatic hydroxyl groups is 1. The highest BCUT2D eigenvalue weighted by atomic mass is 16.7. The van der Waals surface area contributed by atoms with E-state index in [0.717, 1.165) is 13.5 Å². The Morgan fingerprint density at radius 1 is 1.29 bits per heavy atom. The summed E-state index contributed by atoms with van der Waals surface area (Å²) >= 11 is 0. The Morgan fingerprint density at radius 2 is 2.00 bits per heavy atom. The number of oxime groups is 2. The quantitative estimate of drug-likeness (QED) is 0.0714. The number of nitrogens with two attached hydrogens (primary N) is 1. The van der Waals surface area contributed by atoms with Crippen LogP contribution in [-0.2, 0) is 23.9 Å². The van der Waals surface area contributed by atoms with Gasteiger partial charge in [0.15, 0.2) is 11.9 Å². The standard InChI is InChI=1S/C21H29N5O8/c1-3-4-9-33-21(30)24-14(20(29)32-2)11-23-16(27)10-15-18(28)17(26-34-15)12-5-7-13(8-6-12)19(22)25-31/h5-8,14-15,18,28,31H,3-4,9-11H2,1-2H3,(H2,22,25)(H,23,27)(H,24,30)/t14-,15+,18+/m0/s1. The molecule has 13 nitrogen and oxygen atoms in total. The van der Waals surface area contributed by atoms with Crippen molar-refractivity contribution in [1.82, 2.24) is 10.6 Å². The van der Waals surface area contributed by atoms with Gasteiger partial charge in [0, 0.05) is 17.7 Å². The summed E-state index contributed by atoms with van der Waals surface area (Å²) < 4.78 is 9.59. The zero-order valence-electron chi connectivity index (χ0n) is 18.9. The van der Waals surface area contributed by atoms with Gasteiger partial charge in [-0.15, -0.1) is 0 Å². The highest BCUT2D eigenvalue weighted by Crippen LogP contribution is 2.20. The van der Waals surface area contributed by atoms with Gasteiger partial charge in [-0.2, -0.15) is 0 Å². The van der Waals surface area contributed by atoms with Gasteiger partial charge in [0.25, 0.3) is 0 Å². The first-order chi connectivity index (χ1) is 16.3. The van der Waals surface area contributed by atoms with Crippen LogP contribution in [0.4, 0.5) is 4.79 Å². The molecule has 2 rings (SSSR count). The minimum atomic E-state index is -1.19. The first kappa shape index (κ1) is 26.4. The van der Waals surface area contributed by atoms with E-state index >= 15 is 0 Å². The van der Waals surface area contributed by atoms with Crippen molar-refractivity contribution in [3.63, 3.8) is 0 Å². The number of rotatable bonds is 11. The maximum atomic E-state index is 12.4. The largest absolute Gasteiger partial charge is 0.467 e. The van der Waals surface area contributed by atoms with Gasteiger partial charge in [0.2, 0.25) is 5.91 Å². The third kappa shape index (κ3) is 7.33. The monoisotopic (exact) mass is 479 g/mol. The van der Waals surface area contributed by atoms with Crippen molar-refractivity contribution in [2.24, 2.45) is 16.0 Å². The molecule has 186 valence electrons. The zero-order valence-corrected chi connectivity index (χ0v) is 18.9. The summed E-state index contributed by atoms with van der Waals surface area (Å²) in [6.45, 7) is 1.89. The minimum Gasteiger partial charge on any atom is -0.467 e. The third-order valence-electron chi connectivity index (χ3n) is 4.90. The van der Waals surface area contributed by atoms with E-state index in [9.17, 15) is 19.5 Å². The van der Waals surface area contributed by atoms with Gasteiger partial charge in [-0.25, -0.2) is 9.59 Å². The van der Waals surface area contributed by atoms with E-state index in [0.29, 0.717) is 17.5 Å². The van der Waals surface area contributed by atoms with Gasteiger partial charge in [0.05, 0.1) is 20.1 Å². The molecule has 1 aliphatic heterocycles. The number of nitrogens with zero attached hydrogens (tertiary/aromatic N) is 2. The molecule has 0 radical (unpaired) electrons. The molecule has 2 amide bonds. The molecule has 0 bridgehead atoms. The molecule has 0 aliphatic carbocycles. The normalized spacial score (nSPS) is 18.3. The molecule has 0 saturated carbocycles. The second kappa shape index (κ2) is 13.0. The first-order valence-electron chi connectivity index (χ1n) is 10.6. The number of esters is 1. The third-order valence-corrected chi connectivity index (χ3v) is 4.90. The van der Waals surface area contributed by atoms with E-state index in [4.69, 9.17) is 20.5 Å². The summed E-state index contributed by atoms with van der Waals surface area (Å²) in [7, 11) is 1.15. The molecule has 0 aromatic heterocycles. The van der Waals surface area contributed by atoms with Crippen LogP contribution in [0.15, 0.2) is 34.6 Å². The van der Waals surface area contributed by atoms with Crippen LogP contribution >= 0.6 is 0 Å². The fourth-order valence-electron chi connectivity index (χ4n) is 2.95. The Balaban J connectivity index is 1.88. The van der Waals surface area contributed by atoms with Crippen LogP contribution < -0.4 is 16.4 Å². The number of carbonyl (C=O) groups is 3. The lowest BCUT2D eigenvalue weighted by molar-refractivity contribution is -0.143. The second-order valence-corrected chi connectivity index (χ2v) is 7.35. The van der Waals surface area contributed by atoms with Crippen LogP contribution in [-0.4, -0.2) is 78.3 Å². The highest BCUT2D eigenvalue weighted by Gasteiger charge is 2.35. The number of alkyl carbamates (subject to hydrolysis) is 1. The average Bonchev–Trinajstić information content (AvgIpc) is 3.20. The van der Waals surface area contributed by atoms with Crippen molar-refractivity contribution < 1.29 is 39.0 Å². The summed E-state index contributed by atoms with van der Waals surface area (Å²) in [6.07, 6.45) is -1.70. The number of amidine groups is 1. The number of nitrogens with one attached hydrogen (secondary N) is 2. The molecule has 1 aromatic carbocycles. The zero-order chi connectivity index (χ0) is 25.1. The van der Waals surface area contributed by atoms with E-state index in [2.05, 4.69) is 25.7 Å². The lowest BCUT2D eigenvalue weighted by Gasteiger charge is -2.18. The number of ether oxygens (including phenoxy) is 2. The number of benzene rings is 1. The molecule has 1 heterocycles. The summed E-state index contributed by atoms with van der Waals surface area (Å²) in [5.74, 6) is -1.37. The van der Waals surface area contributed by atoms with Crippen molar-refractivity contribution in [3.8, 4) is 0 Å². The summed E-state index contributed by atoms with van der Waals surface area (Å²) in [6, 6.07) is 5.21. The van der Waals surface area contributed by atoms with Crippen LogP contribution in [0.5, 0.6) is 0 Å². The smallest absolute Gasteiger partial charge is 0.407 e. The Morgan fingerprint density at radius 3 is 2.62 bits per heavy atom. The van der Waals surface area contributed by atoms with Crippen molar-refractivity contribution >= 4 is 29.5 Å². The number of unbranched alkanes of at least 4 members (excludes halogenated alkanes) is 1. The van der Waals surface area contributed by atoms with Gasteiger partial charge >= 0.3 is 12.1 Å². The van der Waals surface area contributed by atoms with E-state index in [1.54, 1.807) is 24.3 Å². The van der Waals surface area contributed by atoms with Crippen LogP contribution in [0.1, 0.15) is 37.3 Å². The van der Waals surface area contributed by atoms with Gasteiger partial charge in [0.1, 0.15) is 17.9 Å². The minimum absolute atomic E-state index is 0.0692. The van der Waals surface area contributed by atoms with E-state index in [-0.39, 0.29) is 31.1 Å².